The van der Waals surface area contributed by atoms with Crippen LogP contribution in [-0.2, 0) is 12.8 Å². The molecule has 0 bridgehead atoms. The molecular weight excluding hydrogens is 283 g/mol. The summed E-state index contributed by atoms with van der Waals surface area (Å²) in [4.78, 5) is 11.8. The molecule has 0 spiro atoms. The maximum absolute atomic E-state index is 13.4. The minimum absolute atomic E-state index is 0.0403. The molecule has 2 amide bonds. The molecule has 0 aliphatic heterocycles. The largest absolute Gasteiger partial charge is 0.469 e. The summed E-state index contributed by atoms with van der Waals surface area (Å²) in [7, 11) is 0. The van der Waals surface area contributed by atoms with Crippen molar-refractivity contribution in [1.29, 1.82) is 0 Å². The molecule has 4 nitrogen and oxygen atoms in total. The number of amides is 2. The van der Waals surface area contributed by atoms with Gasteiger partial charge in [-0.3, -0.25) is 0 Å². The van der Waals surface area contributed by atoms with Crippen molar-refractivity contribution in [3.63, 3.8) is 0 Å². The molecular formula is C17H21FN2O2. The number of hydrogen-bond acceptors (Lipinski definition) is 2. The minimum Gasteiger partial charge on any atom is -0.469 e. The van der Waals surface area contributed by atoms with E-state index in [-0.39, 0.29) is 17.9 Å². The first-order valence-electron chi connectivity index (χ1n) is 7.45. The molecule has 118 valence electrons. The number of hydrogen-bond donors (Lipinski definition) is 2. The first kappa shape index (κ1) is 16.1. The smallest absolute Gasteiger partial charge is 0.315 e. The molecule has 0 fully saturated rings. The van der Waals surface area contributed by atoms with Crippen LogP contribution >= 0.6 is 0 Å². The van der Waals surface area contributed by atoms with E-state index in [9.17, 15) is 9.18 Å². The predicted molar refractivity (Wildman–Crippen MR) is 83.1 cm³/mol. The van der Waals surface area contributed by atoms with Crippen molar-refractivity contribution in [3.8, 4) is 0 Å². The van der Waals surface area contributed by atoms with E-state index in [2.05, 4.69) is 10.6 Å². The van der Waals surface area contributed by atoms with Crippen molar-refractivity contribution >= 4 is 6.03 Å². The van der Waals surface area contributed by atoms with E-state index in [0.29, 0.717) is 18.5 Å². The number of aryl methyl sites for hydroxylation is 1. The van der Waals surface area contributed by atoms with Crippen LogP contribution in [0.5, 0.6) is 0 Å². The molecule has 0 unspecified atom stereocenters. The Morgan fingerprint density at radius 1 is 1.23 bits per heavy atom. The molecule has 0 aliphatic rings. The predicted octanol–water partition coefficient (Wildman–Crippen LogP) is 3.28. The molecule has 1 atom stereocenters. The Balaban J connectivity index is 1.64. The lowest BCUT2D eigenvalue weighted by Gasteiger charge is -2.14. The second-order valence-electron chi connectivity index (χ2n) is 5.26. The third-order valence-electron chi connectivity index (χ3n) is 3.42. The Labute approximate surface area is 129 Å². The number of nitrogens with one attached hydrogen (secondary N) is 2. The van der Waals surface area contributed by atoms with E-state index >= 15 is 0 Å². The highest BCUT2D eigenvalue weighted by atomic mass is 19.1. The number of carbonyl (C=O) groups excluding carboxylic acids is 1. The fraction of sp³-hybridized carbons (Fsp3) is 0.353. The van der Waals surface area contributed by atoms with E-state index in [1.165, 1.54) is 6.07 Å². The lowest BCUT2D eigenvalue weighted by atomic mass is 10.1. The Bertz CT molecular complexity index is 584. The quantitative estimate of drug-likeness (QED) is 0.825. The van der Waals surface area contributed by atoms with E-state index in [1.807, 2.05) is 19.1 Å². The lowest BCUT2D eigenvalue weighted by Crippen LogP contribution is -2.41. The van der Waals surface area contributed by atoms with Gasteiger partial charge in [0.15, 0.2) is 0 Å². The normalized spacial score (nSPS) is 11.9. The molecule has 5 heteroatoms. The molecule has 0 saturated carbocycles. The van der Waals surface area contributed by atoms with Crippen molar-refractivity contribution in [2.45, 2.75) is 32.2 Å². The summed E-state index contributed by atoms with van der Waals surface area (Å²) in [6.45, 7) is 2.34. The third-order valence-corrected chi connectivity index (χ3v) is 3.42. The van der Waals surface area contributed by atoms with Crippen LogP contribution < -0.4 is 10.6 Å². The average Bonchev–Trinajstić information content (AvgIpc) is 3.00. The van der Waals surface area contributed by atoms with E-state index < -0.39 is 0 Å². The van der Waals surface area contributed by atoms with Crippen LogP contribution in [0.2, 0.25) is 0 Å². The van der Waals surface area contributed by atoms with Crippen molar-refractivity contribution in [2.75, 3.05) is 6.54 Å². The molecule has 0 radical (unpaired) electrons. The van der Waals surface area contributed by atoms with Gasteiger partial charge < -0.3 is 15.1 Å². The molecule has 2 N–H and O–H groups in total. The summed E-state index contributed by atoms with van der Waals surface area (Å²) in [6, 6.07) is 10.2. The molecule has 22 heavy (non-hydrogen) atoms. The highest BCUT2D eigenvalue weighted by molar-refractivity contribution is 5.74. The van der Waals surface area contributed by atoms with Crippen molar-refractivity contribution < 1.29 is 13.6 Å². The number of carbonyl (C=O) groups is 1. The second kappa shape index (κ2) is 8.22. The summed E-state index contributed by atoms with van der Waals surface area (Å²) < 4.78 is 18.7. The fourth-order valence-electron chi connectivity index (χ4n) is 2.17. The number of furan rings is 1. The van der Waals surface area contributed by atoms with Gasteiger partial charge in [-0.05, 0) is 43.5 Å². The van der Waals surface area contributed by atoms with Gasteiger partial charge in [-0.25, -0.2) is 9.18 Å². The zero-order chi connectivity index (χ0) is 15.8. The Hall–Kier alpha value is -2.30. The minimum atomic E-state index is -0.239. The summed E-state index contributed by atoms with van der Waals surface area (Å²) in [5.74, 6) is 0.671. The summed E-state index contributed by atoms with van der Waals surface area (Å²) in [5, 5.41) is 5.60. The fourth-order valence-corrected chi connectivity index (χ4v) is 2.17. The zero-order valence-electron chi connectivity index (χ0n) is 12.6. The van der Waals surface area contributed by atoms with Gasteiger partial charge in [0.1, 0.15) is 11.6 Å². The first-order chi connectivity index (χ1) is 10.6. The van der Waals surface area contributed by atoms with Gasteiger partial charge in [0.2, 0.25) is 0 Å². The van der Waals surface area contributed by atoms with Gasteiger partial charge in [-0.15, -0.1) is 0 Å². The van der Waals surface area contributed by atoms with Crippen molar-refractivity contribution in [1.82, 2.24) is 10.6 Å². The van der Waals surface area contributed by atoms with Gasteiger partial charge in [-0.2, -0.15) is 0 Å². The van der Waals surface area contributed by atoms with Crippen LogP contribution in [0.15, 0.2) is 47.1 Å². The Morgan fingerprint density at radius 3 is 2.77 bits per heavy atom. The van der Waals surface area contributed by atoms with Gasteiger partial charge >= 0.3 is 6.03 Å². The van der Waals surface area contributed by atoms with E-state index in [4.69, 9.17) is 4.42 Å². The molecule has 1 aromatic carbocycles. The summed E-state index contributed by atoms with van der Waals surface area (Å²) in [6.07, 6.45) is 3.70. The number of rotatable bonds is 7. The van der Waals surface area contributed by atoms with E-state index in [0.717, 1.165) is 18.6 Å². The highest BCUT2D eigenvalue weighted by Crippen LogP contribution is 2.07. The topological polar surface area (TPSA) is 54.3 Å². The maximum Gasteiger partial charge on any atom is 0.315 e. The van der Waals surface area contributed by atoms with Gasteiger partial charge in [0, 0.05) is 19.0 Å². The zero-order valence-corrected chi connectivity index (χ0v) is 12.6. The third kappa shape index (κ3) is 5.24. The molecule has 0 saturated heterocycles. The van der Waals surface area contributed by atoms with Crippen LogP contribution in [-0.4, -0.2) is 18.6 Å². The van der Waals surface area contributed by atoms with Crippen LogP contribution in [0, 0.1) is 5.82 Å². The highest BCUT2D eigenvalue weighted by Gasteiger charge is 2.08. The lowest BCUT2D eigenvalue weighted by molar-refractivity contribution is 0.237. The molecule has 2 aromatic rings. The van der Waals surface area contributed by atoms with Gasteiger partial charge in [-0.1, -0.05) is 18.2 Å². The maximum atomic E-state index is 13.4. The van der Waals surface area contributed by atoms with Crippen LogP contribution in [0.4, 0.5) is 9.18 Å². The van der Waals surface area contributed by atoms with Gasteiger partial charge in [0.25, 0.3) is 0 Å². The Kier molecular flexibility index (Phi) is 6.01. The SMILES string of the molecule is C[C@@H](CCc1ccco1)NC(=O)NCCc1ccccc1F. The first-order valence-corrected chi connectivity index (χ1v) is 7.45. The second-order valence-corrected chi connectivity index (χ2v) is 5.26. The van der Waals surface area contributed by atoms with Crippen LogP contribution in [0.25, 0.3) is 0 Å². The monoisotopic (exact) mass is 304 g/mol. The number of halogens is 1. The van der Waals surface area contributed by atoms with Crippen LogP contribution in [0.3, 0.4) is 0 Å². The molecule has 2 rings (SSSR count). The summed E-state index contributed by atoms with van der Waals surface area (Å²) in [5.41, 5.74) is 0.605. The Morgan fingerprint density at radius 2 is 2.05 bits per heavy atom. The number of benzene rings is 1. The average molecular weight is 304 g/mol. The van der Waals surface area contributed by atoms with Crippen LogP contribution in [0.1, 0.15) is 24.7 Å². The van der Waals surface area contributed by atoms with E-state index in [1.54, 1.807) is 24.5 Å². The van der Waals surface area contributed by atoms with Crippen molar-refractivity contribution in [2.24, 2.45) is 0 Å². The molecule has 0 aliphatic carbocycles. The molecule has 1 aromatic heterocycles. The van der Waals surface area contributed by atoms with Gasteiger partial charge in [0.05, 0.1) is 6.26 Å². The summed E-state index contributed by atoms with van der Waals surface area (Å²) >= 11 is 0. The molecule has 1 heterocycles. The number of urea groups is 1. The standard InChI is InChI=1S/C17H21FN2O2/c1-13(8-9-15-6-4-12-22-15)20-17(21)19-11-10-14-5-2-3-7-16(14)18/h2-7,12-13H,8-11H2,1H3,(H2,19,20,21)/t13-/m0/s1. The van der Waals surface area contributed by atoms with Crippen molar-refractivity contribution in [3.05, 3.63) is 59.8 Å².